The van der Waals surface area contributed by atoms with Gasteiger partial charge in [0.15, 0.2) is 0 Å². The molecule has 1 fully saturated rings. The molecule has 136 valence electrons. The van der Waals surface area contributed by atoms with Crippen LogP contribution in [0.15, 0.2) is 48.5 Å². The highest BCUT2D eigenvalue weighted by Gasteiger charge is 2.32. The molecular weight excluding hydrogens is 330 g/mol. The van der Waals surface area contributed by atoms with Crippen LogP contribution in [0.3, 0.4) is 0 Å². The molecule has 5 nitrogen and oxygen atoms in total. The Bertz CT molecular complexity index is 781. The average molecular weight is 353 g/mol. The molecule has 2 aromatic rings. The fourth-order valence-corrected chi connectivity index (χ4v) is 3.03. The number of para-hydroxylation sites is 1. The molecule has 0 radical (unpaired) electrons. The van der Waals surface area contributed by atoms with Crippen LogP contribution in [0.1, 0.15) is 40.7 Å². The summed E-state index contributed by atoms with van der Waals surface area (Å²) in [4.78, 5) is 25.6. The molecule has 0 atom stereocenters. The number of ether oxygens (including phenoxy) is 1. The third kappa shape index (κ3) is 4.42. The van der Waals surface area contributed by atoms with Gasteiger partial charge in [-0.3, -0.25) is 4.79 Å². The van der Waals surface area contributed by atoms with Gasteiger partial charge in [0.2, 0.25) is 5.91 Å². The quantitative estimate of drug-likeness (QED) is 0.788. The maximum Gasteiger partial charge on any atom is 0.335 e. The number of rotatable bonds is 8. The first-order valence-corrected chi connectivity index (χ1v) is 8.82. The van der Waals surface area contributed by atoms with Crippen molar-refractivity contribution in [3.63, 3.8) is 0 Å². The van der Waals surface area contributed by atoms with Crippen LogP contribution in [-0.4, -0.2) is 35.0 Å². The van der Waals surface area contributed by atoms with Gasteiger partial charge in [0, 0.05) is 24.6 Å². The number of benzene rings is 2. The summed E-state index contributed by atoms with van der Waals surface area (Å²) in [6.07, 6.45) is 3.12. The van der Waals surface area contributed by atoms with Gasteiger partial charge in [-0.2, -0.15) is 0 Å². The summed E-state index contributed by atoms with van der Waals surface area (Å²) in [7, 11) is 1.64. The Balaban J connectivity index is 1.63. The minimum absolute atomic E-state index is 0.126. The monoisotopic (exact) mass is 353 g/mol. The number of aromatic carboxylic acids is 1. The van der Waals surface area contributed by atoms with Crippen molar-refractivity contribution in [1.29, 1.82) is 0 Å². The largest absolute Gasteiger partial charge is 0.496 e. The molecule has 0 heterocycles. The van der Waals surface area contributed by atoms with Crippen molar-refractivity contribution in [2.24, 2.45) is 0 Å². The molecule has 0 saturated heterocycles. The van der Waals surface area contributed by atoms with Crippen LogP contribution in [0.2, 0.25) is 0 Å². The number of amides is 1. The number of nitrogens with zero attached hydrogens (tertiary/aromatic N) is 1. The lowest BCUT2D eigenvalue weighted by atomic mass is 10.1. The Kier molecular flexibility index (Phi) is 5.56. The first-order valence-electron chi connectivity index (χ1n) is 8.82. The van der Waals surface area contributed by atoms with E-state index in [1.165, 1.54) is 0 Å². The fourth-order valence-electron chi connectivity index (χ4n) is 3.03. The number of carboxylic acid groups (broad SMARTS) is 1. The third-order valence-electron chi connectivity index (χ3n) is 4.67. The predicted octanol–water partition coefficient (Wildman–Crippen LogP) is 3.52. The Morgan fingerprint density at radius 1 is 1.12 bits per heavy atom. The van der Waals surface area contributed by atoms with Crippen molar-refractivity contribution in [2.75, 3.05) is 7.11 Å². The standard InChI is InChI=1S/C21H23NO4/c1-26-19-5-3-2-4-17(19)14-22(18-11-12-18)20(23)13-8-15-6-9-16(10-7-15)21(24)25/h2-7,9-10,18H,8,11-14H2,1H3,(H,24,25). The van der Waals surface area contributed by atoms with Crippen LogP contribution in [-0.2, 0) is 17.8 Å². The number of carbonyl (C=O) groups is 2. The molecule has 3 rings (SSSR count). The summed E-state index contributed by atoms with van der Waals surface area (Å²) >= 11 is 0. The van der Waals surface area contributed by atoms with Gasteiger partial charge in [0.05, 0.1) is 12.7 Å². The van der Waals surface area contributed by atoms with E-state index in [1.807, 2.05) is 29.2 Å². The van der Waals surface area contributed by atoms with Gasteiger partial charge in [-0.15, -0.1) is 0 Å². The molecule has 2 aromatic carbocycles. The molecule has 26 heavy (non-hydrogen) atoms. The minimum atomic E-state index is -0.940. The topological polar surface area (TPSA) is 66.8 Å². The van der Waals surface area contributed by atoms with E-state index in [-0.39, 0.29) is 11.5 Å². The summed E-state index contributed by atoms with van der Waals surface area (Å²) in [5, 5.41) is 8.95. The number of aryl methyl sites for hydroxylation is 1. The maximum absolute atomic E-state index is 12.8. The van der Waals surface area contributed by atoms with Crippen molar-refractivity contribution >= 4 is 11.9 Å². The smallest absolute Gasteiger partial charge is 0.335 e. The Labute approximate surface area is 153 Å². The van der Waals surface area contributed by atoms with Crippen LogP contribution < -0.4 is 4.74 Å². The van der Waals surface area contributed by atoms with E-state index >= 15 is 0 Å². The van der Waals surface area contributed by atoms with Gasteiger partial charge in [-0.25, -0.2) is 4.79 Å². The Morgan fingerprint density at radius 2 is 1.81 bits per heavy atom. The van der Waals surface area contributed by atoms with E-state index < -0.39 is 5.97 Å². The van der Waals surface area contributed by atoms with Crippen molar-refractivity contribution < 1.29 is 19.4 Å². The minimum Gasteiger partial charge on any atom is -0.496 e. The van der Waals surface area contributed by atoms with Crippen molar-refractivity contribution in [1.82, 2.24) is 4.90 Å². The maximum atomic E-state index is 12.8. The molecule has 1 N–H and O–H groups in total. The Hall–Kier alpha value is -2.82. The van der Waals surface area contributed by atoms with E-state index in [2.05, 4.69) is 0 Å². The SMILES string of the molecule is COc1ccccc1CN(C(=O)CCc1ccc(C(=O)O)cc1)C1CC1. The highest BCUT2D eigenvalue weighted by molar-refractivity contribution is 5.87. The van der Waals surface area contributed by atoms with Crippen molar-refractivity contribution in [2.45, 2.75) is 38.3 Å². The molecule has 1 aliphatic rings. The lowest BCUT2D eigenvalue weighted by molar-refractivity contribution is -0.132. The molecule has 0 aromatic heterocycles. The zero-order valence-electron chi connectivity index (χ0n) is 14.9. The normalized spacial score (nSPS) is 13.3. The zero-order chi connectivity index (χ0) is 18.5. The van der Waals surface area contributed by atoms with Gasteiger partial charge in [0.25, 0.3) is 0 Å². The summed E-state index contributed by atoms with van der Waals surface area (Å²) in [5.41, 5.74) is 2.24. The first-order chi connectivity index (χ1) is 12.6. The lowest BCUT2D eigenvalue weighted by Crippen LogP contribution is -2.32. The molecule has 1 saturated carbocycles. The van der Waals surface area contributed by atoms with E-state index in [9.17, 15) is 9.59 Å². The van der Waals surface area contributed by atoms with E-state index in [4.69, 9.17) is 9.84 Å². The zero-order valence-corrected chi connectivity index (χ0v) is 14.9. The van der Waals surface area contributed by atoms with Crippen LogP contribution in [0, 0.1) is 0 Å². The second kappa shape index (κ2) is 8.04. The summed E-state index contributed by atoms with van der Waals surface area (Å²) in [6.45, 7) is 0.561. The Morgan fingerprint density at radius 3 is 2.42 bits per heavy atom. The highest BCUT2D eigenvalue weighted by atomic mass is 16.5. The molecule has 1 aliphatic carbocycles. The number of carbonyl (C=O) groups excluding carboxylic acids is 1. The molecule has 0 spiro atoms. The van der Waals surface area contributed by atoms with E-state index in [0.29, 0.717) is 25.4 Å². The predicted molar refractivity (Wildman–Crippen MR) is 98.3 cm³/mol. The summed E-state index contributed by atoms with van der Waals surface area (Å²) in [5.74, 6) is -0.0136. The van der Waals surface area contributed by atoms with Gasteiger partial charge in [-0.05, 0) is 43.0 Å². The highest BCUT2D eigenvalue weighted by Crippen LogP contribution is 2.31. The molecule has 1 amide bonds. The molecule has 0 aliphatic heterocycles. The molecule has 0 unspecified atom stereocenters. The van der Waals surface area contributed by atoms with Crippen molar-refractivity contribution in [3.05, 3.63) is 65.2 Å². The number of carboxylic acids is 1. The molecule has 5 heteroatoms. The van der Waals surface area contributed by atoms with Gasteiger partial charge >= 0.3 is 5.97 Å². The molecular formula is C21H23NO4. The summed E-state index contributed by atoms with van der Waals surface area (Å²) < 4.78 is 5.40. The van der Waals surface area contributed by atoms with Gasteiger partial charge in [-0.1, -0.05) is 30.3 Å². The number of hydrogen-bond donors (Lipinski definition) is 1. The molecule has 0 bridgehead atoms. The lowest BCUT2D eigenvalue weighted by Gasteiger charge is -2.23. The second-order valence-corrected chi connectivity index (χ2v) is 6.57. The van der Waals surface area contributed by atoms with Crippen LogP contribution in [0.4, 0.5) is 0 Å². The third-order valence-corrected chi connectivity index (χ3v) is 4.67. The number of hydrogen-bond acceptors (Lipinski definition) is 3. The number of methoxy groups -OCH3 is 1. The average Bonchev–Trinajstić information content (AvgIpc) is 3.49. The van der Waals surface area contributed by atoms with E-state index in [1.54, 1.807) is 31.4 Å². The van der Waals surface area contributed by atoms with E-state index in [0.717, 1.165) is 29.7 Å². The summed E-state index contributed by atoms with van der Waals surface area (Å²) in [6, 6.07) is 14.8. The van der Waals surface area contributed by atoms with Gasteiger partial charge < -0.3 is 14.7 Å². The van der Waals surface area contributed by atoms with Crippen LogP contribution in [0.5, 0.6) is 5.75 Å². The fraction of sp³-hybridized carbons (Fsp3) is 0.333. The van der Waals surface area contributed by atoms with Crippen LogP contribution in [0.25, 0.3) is 0 Å². The second-order valence-electron chi connectivity index (χ2n) is 6.57. The first kappa shape index (κ1) is 18.0. The van der Waals surface area contributed by atoms with Crippen molar-refractivity contribution in [3.8, 4) is 5.75 Å². The van der Waals surface area contributed by atoms with Crippen LogP contribution >= 0.6 is 0 Å². The van der Waals surface area contributed by atoms with Gasteiger partial charge in [0.1, 0.15) is 5.75 Å².